The molecule has 4 atom stereocenters. The molecule has 2 aliphatic heterocycles. The molecule has 0 saturated carbocycles. The summed E-state index contributed by atoms with van der Waals surface area (Å²) in [7, 11) is 1.66. The second-order valence-corrected chi connectivity index (χ2v) is 16.3. The molecule has 2 aliphatic rings. The van der Waals surface area contributed by atoms with Crippen LogP contribution in [-0.2, 0) is 20.7 Å². The largest absolute Gasteiger partial charge is 0.392 e. The van der Waals surface area contributed by atoms with Crippen LogP contribution in [0.2, 0.25) is 0 Å². The SMILES string of the molecule is COC(C)(C)C(C)C(=O)N1CCCC1c1ncc(-c2ccc3cc(-c4ccc5nc(CC6CCCCN6C(=O)C(C)(C)C(C)O)[nH]c5c4)ccc3c2)[nH]1. The third-order valence-corrected chi connectivity index (χ3v) is 12.3. The average molecular weight is 719 g/mol. The van der Waals surface area contributed by atoms with Crippen molar-refractivity contribution in [3.63, 3.8) is 0 Å². The fraction of sp³-hybridized carbons (Fsp3) is 0.488. The first kappa shape index (κ1) is 36.8. The number of imidazole rings is 2. The van der Waals surface area contributed by atoms with Crippen LogP contribution < -0.4 is 0 Å². The first-order valence-corrected chi connectivity index (χ1v) is 19.2. The molecule has 0 bridgehead atoms. The first-order valence-electron chi connectivity index (χ1n) is 19.2. The normalized spacial score (nSPS) is 19.6. The number of nitrogens with one attached hydrogen (secondary N) is 2. The highest BCUT2D eigenvalue weighted by molar-refractivity contribution is 5.92. The molecule has 280 valence electrons. The van der Waals surface area contributed by atoms with Crippen molar-refractivity contribution in [3.05, 3.63) is 72.4 Å². The molecule has 0 spiro atoms. The maximum absolute atomic E-state index is 13.5. The number of aliphatic hydroxyl groups is 1. The van der Waals surface area contributed by atoms with E-state index in [0.717, 1.165) is 94.5 Å². The van der Waals surface area contributed by atoms with Crippen molar-refractivity contribution >= 4 is 33.6 Å². The van der Waals surface area contributed by atoms with E-state index in [1.54, 1.807) is 14.0 Å². The second kappa shape index (κ2) is 14.4. The summed E-state index contributed by atoms with van der Waals surface area (Å²) in [6, 6.07) is 19.3. The number of rotatable bonds is 10. The van der Waals surface area contributed by atoms with E-state index in [1.807, 2.05) is 50.6 Å². The highest BCUT2D eigenvalue weighted by atomic mass is 16.5. The Balaban J connectivity index is 1.07. The molecule has 2 amide bonds. The van der Waals surface area contributed by atoms with Gasteiger partial charge in [-0.1, -0.05) is 37.3 Å². The van der Waals surface area contributed by atoms with Gasteiger partial charge in [0.15, 0.2) is 0 Å². The molecule has 3 aromatic carbocycles. The molecular weight excluding hydrogens is 665 g/mol. The summed E-state index contributed by atoms with van der Waals surface area (Å²) >= 11 is 0. The number of fused-ring (bicyclic) bond motifs is 2. The standard InChI is InChI=1S/C43H54N6O4/c1-26(43(5,6)53-7)40(51)49-20-10-12-37(49)39-44-25-36(47-39)32-16-15-28-21-29(13-14-30(28)22-32)31-17-18-34-35(23-31)46-38(45-34)24-33-11-8-9-19-48(33)41(52)42(3,4)27(2)50/h13-18,21-23,25-27,33,37,50H,8-12,19-20,24H2,1-7H3,(H,44,47)(H,45,46). The van der Waals surface area contributed by atoms with Gasteiger partial charge in [-0.15, -0.1) is 0 Å². The maximum atomic E-state index is 13.5. The van der Waals surface area contributed by atoms with Crippen molar-refractivity contribution in [3.8, 4) is 22.4 Å². The molecule has 0 radical (unpaired) electrons. The van der Waals surface area contributed by atoms with Gasteiger partial charge in [0.05, 0.1) is 52.0 Å². The number of piperidine rings is 1. The molecule has 53 heavy (non-hydrogen) atoms. The van der Waals surface area contributed by atoms with Gasteiger partial charge in [0, 0.05) is 38.2 Å². The van der Waals surface area contributed by atoms with Gasteiger partial charge in [-0.25, -0.2) is 9.97 Å². The zero-order valence-electron chi connectivity index (χ0n) is 32.2. The van der Waals surface area contributed by atoms with Crippen molar-refractivity contribution in [2.45, 2.75) is 104 Å². The third-order valence-electron chi connectivity index (χ3n) is 12.3. The molecule has 2 aromatic heterocycles. The molecule has 5 aromatic rings. The van der Waals surface area contributed by atoms with E-state index in [1.165, 1.54) is 0 Å². The van der Waals surface area contributed by atoms with Gasteiger partial charge in [-0.3, -0.25) is 9.59 Å². The lowest BCUT2D eigenvalue weighted by Gasteiger charge is -2.41. The van der Waals surface area contributed by atoms with E-state index < -0.39 is 17.1 Å². The number of hydrogen-bond acceptors (Lipinski definition) is 6. The van der Waals surface area contributed by atoms with Gasteiger partial charge < -0.3 is 29.6 Å². The van der Waals surface area contributed by atoms with Crippen LogP contribution in [0.5, 0.6) is 0 Å². The molecule has 10 nitrogen and oxygen atoms in total. The minimum absolute atomic E-state index is 0.00908. The van der Waals surface area contributed by atoms with E-state index in [-0.39, 0.29) is 29.8 Å². The number of amides is 2. The summed E-state index contributed by atoms with van der Waals surface area (Å²) in [5.41, 5.74) is 4.71. The van der Waals surface area contributed by atoms with Crippen molar-refractivity contribution < 1.29 is 19.4 Å². The fourth-order valence-corrected chi connectivity index (χ4v) is 7.87. The van der Waals surface area contributed by atoms with E-state index in [2.05, 4.69) is 64.6 Å². The van der Waals surface area contributed by atoms with E-state index in [4.69, 9.17) is 14.7 Å². The van der Waals surface area contributed by atoms with E-state index >= 15 is 0 Å². The minimum atomic E-state index is -0.830. The molecule has 0 aliphatic carbocycles. The molecular formula is C43H54N6O4. The number of ether oxygens (including phenoxy) is 1. The number of H-pyrrole nitrogens is 2. The number of aliphatic hydroxyl groups excluding tert-OH is 1. The van der Waals surface area contributed by atoms with Gasteiger partial charge in [0.25, 0.3) is 0 Å². The monoisotopic (exact) mass is 718 g/mol. The highest BCUT2D eigenvalue weighted by Gasteiger charge is 2.41. The lowest BCUT2D eigenvalue weighted by Crippen LogP contribution is -2.52. The molecule has 2 fully saturated rings. The number of nitrogens with zero attached hydrogens (tertiary/aromatic N) is 4. The van der Waals surface area contributed by atoms with Crippen LogP contribution in [0, 0.1) is 11.3 Å². The van der Waals surface area contributed by atoms with Gasteiger partial charge in [-0.2, -0.15) is 0 Å². The van der Waals surface area contributed by atoms with Gasteiger partial charge in [0.2, 0.25) is 11.8 Å². The molecule has 2 saturated heterocycles. The number of hydrogen-bond donors (Lipinski definition) is 3. The summed E-state index contributed by atoms with van der Waals surface area (Å²) < 4.78 is 5.62. The zero-order chi connectivity index (χ0) is 37.7. The Hall–Kier alpha value is -4.54. The Labute approximate surface area is 312 Å². The minimum Gasteiger partial charge on any atom is -0.392 e. The molecule has 4 heterocycles. The smallest absolute Gasteiger partial charge is 0.231 e. The summed E-state index contributed by atoms with van der Waals surface area (Å²) in [4.78, 5) is 47.6. The van der Waals surface area contributed by atoms with Crippen molar-refractivity contribution in [2.75, 3.05) is 20.2 Å². The number of methoxy groups -OCH3 is 1. The van der Waals surface area contributed by atoms with Gasteiger partial charge in [-0.05, 0) is 113 Å². The summed E-state index contributed by atoms with van der Waals surface area (Å²) in [5.74, 6) is 1.55. The molecule has 4 unspecified atom stereocenters. The number of likely N-dealkylation sites (tertiary alicyclic amines) is 2. The lowest BCUT2D eigenvalue weighted by molar-refractivity contribution is -0.150. The number of benzene rings is 3. The van der Waals surface area contributed by atoms with Gasteiger partial charge in [0.1, 0.15) is 11.6 Å². The maximum Gasteiger partial charge on any atom is 0.231 e. The van der Waals surface area contributed by atoms with Crippen LogP contribution in [0.1, 0.15) is 91.3 Å². The number of carbonyl (C=O) groups is 2. The molecule has 7 rings (SSSR count). The summed E-state index contributed by atoms with van der Waals surface area (Å²) in [6.07, 6.45) is 6.63. The number of aromatic nitrogens is 4. The van der Waals surface area contributed by atoms with Crippen molar-refractivity contribution in [1.82, 2.24) is 29.7 Å². The lowest BCUT2D eigenvalue weighted by atomic mass is 9.84. The predicted octanol–water partition coefficient (Wildman–Crippen LogP) is 7.83. The van der Waals surface area contributed by atoms with E-state index in [0.29, 0.717) is 13.0 Å². The predicted molar refractivity (Wildman–Crippen MR) is 209 cm³/mol. The summed E-state index contributed by atoms with van der Waals surface area (Å²) in [6.45, 7) is 12.7. The van der Waals surface area contributed by atoms with Crippen LogP contribution in [0.25, 0.3) is 44.2 Å². The van der Waals surface area contributed by atoms with Crippen LogP contribution in [0.3, 0.4) is 0 Å². The Morgan fingerprint density at radius 1 is 0.887 bits per heavy atom. The number of aromatic amines is 2. The van der Waals surface area contributed by atoms with Crippen LogP contribution in [0.15, 0.2) is 60.8 Å². The second-order valence-electron chi connectivity index (χ2n) is 16.3. The first-order chi connectivity index (χ1) is 25.3. The Morgan fingerprint density at radius 3 is 2.30 bits per heavy atom. The Morgan fingerprint density at radius 2 is 1.57 bits per heavy atom. The third kappa shape index (κ3) is 7.11. The summed E-state index contributed by atoms with van der Waals surface area (Å²) in [5, 5.41) is 12.6. The van der Waals surface area contributed by atoms with Crippen LogP contribution >= 0.6 is 0 Å². The van der Waals surface area contributed by atoms with Crippen molar-refractivity contribution in [1.29, 1.82) is 0 Å². The number of carbonyl (C=O) groups excluding carboxylic acids is 2. The highest BCUT2D eigenvalue weighted by Crippen LogP contribution is 2.36. The van der Waals surface area contributed by atoms with Crippen molar-refractivity contribution in [2.24, 2.45) is 11.3 Å². The van der Waals surface area contributed by atoms with E-state index in [9.17, 15) is 14.7 Å². The Bertz CT molecular complexity index is 2130. The van der Waals surface area contributed by atoms with Crippen LogP contribution in [-0.4, -0.2) is 84.6 Å². The van der Waals surface area contributed by atoms with Crippen LogP contribution in [0.4, 0.5) is 0 Å². The molecule has 10 heteroatoms. The Kier molecular flexibility index (Phi) is 9.97. The fourth-order valence-electron chi connectivity index (χ4n) is 7.87. The zero-order valence-corrected chi connectivity index (χ0v) is 32.2. The topological polar surface area (TPSA) is 127 Å². The quantitative estimate of drug-likeness (QED) is 0.135. The molecule has 3 N–H and O–H groups in total. The average Bonchev–Trinajstić information content (AvgIpc) is 3.93. The van der Waals surface area contributed by atoms with Gasteiger partial charge >= 0.3 is 0 Å².